The molecule has 1 heteroatoms. The van der Waals surface area contributed by atoms with Crippen LogP contribution in [0.3, 0.4) is 0 Å². The fourth-order valence-corrected chi connectivity index (χ4v) is 8.59. The highest BCUT2D eigenvalue weighted by Gasteiger charge is 2.19. The van der Waals surface area contributed by atoms with Crippen molar-refractivity contribution in [3.63, 3.8) is 0 Å². The first kappa shape index (κ1) is 27.7. The molecule has 0 aliphatic carbocycles. The minimum atomic E-state index is -0.843. The van der Waals surface area contributed by atoms with Crippen molar-refractivity contribution in [2.45, 2.75) is 11.8 Å². The van der Waals surface area contributed by atoms with Crippen molar-refractivity contribution in [2.24, 2.45) is 0 Å². The number of hydrogen-bond donors (Lipinski definition) is 0. The Morgan fingerprint density at radius 1 is 0.400 bits per heavy atom. The summed E-state index contributed by atoms with van der Waals surface area (Å²) in [4.78, 5) is 1.51. The molecule has 0 N–H and O–H groups in total. The number of hydrogen-bond acceptors (Lipinski definition) is 0. The van der Waals surface area contributed by atoms with Gasteiger partial charge in [0, 0.05) is 0 Å². The number of fused-ring (bicyclic) bond motifs is 4. The summed E-state index contributed by atoms with van der Waals surface area (Å²) < 4.78 is 0. The molecule has 0 spiro atoms. The lowest BCUT2D eigenvalue weighted by Gasteiger charge is -2.32. The van der Waals surface area contributed by atoms with E-state index in [4.69, 9.17) is 0 Å². The fraction of sp³-hybridized carbons (Fsp3) is 0.0909. The molecule has 8 aromatic carbocycles. The third-order valence-electron chi connectivity index (χ3n) is 9.66. The van der Waals surface area contributed by atoms with Gasteiger partial charge in [0.25, 0.3) is 0 Å². The second-order valence-corrected chi connectivity index (χ2v) is 16.6. The van der Waals surface area contributed by atoms with Gasteiger partial charge in [-0.1, -0.05) is 146 Å². The van der Waals surface area contributed by atoms with Gasteiger partial charge in [0.2, 0.25) is 0 Å². The van der Waals surface area contributed by atoms with Crippen molar-refractivity contribution in [3.8, 4) is 33.4 Å². The third-order valence-corrected chi connectivity index (χ3v) is 12.6. The first-order valence-electron chi connectivity index (χ1n) is 15.8. The highest BCUT2D eigenvalue weighted by molar-refractivity contribution is 8.32. The second kappa shape index (κ2) is 10.9. The van der Waals surface area contributed by atoms with Crippen molar-refractivity contribution in [2.75, 3.05) is 18.3 Å². The molecule has 0 nitrogen and oxygen atoms in total. The lowest BCUT2D eigenvalue weighted by Crippen LogP contribution is -2.00. The second-order valence-electron chi connectivity index (χ2n) is 12.5. The zero-order chi connectivity index (χ0) is 30.5. The van der Waals surface area contributed by atoms with Crippen molar-refractivity contribution in [1.82, 2.24) is 0 Å². The number of rotatable bonds is 5. The molecule has 0 aromatic heterocycles. The van der Waals surface area contributed by atoms with E-state index in [9.17, 15) is 0 Å². The summed E-state index contributed by atoms with van der Waals surface area (Å²) in [6.07, 6.45) is 4.87. The molecule has 0 aliphatic rings. The quantitative estimate of drug-likeness (QED) is 0.173. The molecule has 8 rings (SSSR count). The molecule has 0 saturated carbocycles. The monoisotopic (exact) mass is 596 g/mol. The van der Waals surface area contributed by atoms with E-state index in [2.05, 4.69) is 171 Å². The molecule has 0 fully saturated rings. The molecule has 8 aromatic rings. The van der Waals surface area contributed by atoms with Crippen LogP contribution in [-0.4, -0.2) is 18.3 Å². The summed E-state index contributed by atoms with van der Waals surface area (Å²) in [6.45, 7) is 2.32. The van der Waals surface area contributed by atoms with Crippen molar-refractivity contribution >= 4 is 53.1 Å². The zero-order valence-corrected chi connectivity index (χ0v) is 26.9. The van der Waals surface area contributed by atoms with E-state index in [0.29, 0.717) is 0 Å². The van der Waals surface area contributed by atoms with Gasteiger partial charge < -0.3 is 0 Å². The van der Waals surface area contributed by atoms with Crippen LogP contribution in [0.5, 0.6) is 0 Å². The van der Waals surface area contributed by atoms with Crippen molar-refractivity contribution in [1.29, 1.82) is 0 Å². The van der Waals surface area contributed by atoms with Gasteiger partial charge in [-0.15, -0.1) is 0 Å². The van der Waals surface area contributed by atoms with Crippen LogP contribution < -0.4 is 0 Å². The lowest BCUT2D eigenvalue weighted by atomic mass is 9.85. The molecule has 0 bridgehead atoms. The molecule has 218 valence electrons. The Balaban J connectivity index is 1.31. The molecule has 0 heterocycles. The molecule has 0 amide bonds. The predicted molar refractivity (Wildman–Crippen MR) is 201 cm³/mol. The van der Waals surface area contributed by atoms with E-state index < -0.39 is 10.0 Å². The van der Waals surface area contributed by atoms with Gasteiger partial charge in [-0.05, 0) is 112 Å². The highest BCUT2D eigenvalue weighted by atomic mass is 32.3. The molecular weight excluding hydrogens is 561 g/mol. The first-order valence-corrected chi connectivity index (χ1v) is 18.4. The summed E-state index contributed by atoms with van der Waals surface area (Å²) in [5.41, 5.74) is 7.66. The van der Waals surface area contributed by atoms with Crippen LogP contribution in [0.1, 0.15) is 6.92 Å². The summed E-state index contributed by atoms with van der Waals surface area (Å²) in [5.74, 6) is 1.19. The normalized spacial score (nSPS) is 12.3. The molecule has 0 atom stereocenters. The largest absolute Gasteiger partial charge is 0.220 e. The predicted octanol–water partition coefficient (Wildman–Crippen LogP) is 12.7. The van der Waals surface area contributed by atoms with Crippen LogP contribution in [0.15, 0.2) is 157 Å². The average molecular weight is 597 g/mol. The Bertz CT molecular complexity index is 2320. The number of benzene rings is 8. The van der Waals surface area contributed by atoms with E-state index >= 15 is 0 Å². The van der Waals surface area contributed by atoms with Crippen LogP contribution in [0.25, 0.3) is 76.5 Å². The average Bonchev–Trinajstić information content (AvgIpc) is 3.10. The fourth-order valence-electron chi connectivity index (χ4n) is 7.07. The maximum Gasteiger partial charge on any atom is -0.00247 e. The van der Waals surface area contributed by atoms with Crippen molar-refractivity contribution in [3.05, 3.63) is 152 Å². The molecule has 0 aliphatic heterocycles. The zero-order valence-electron chi connectivity index (χ0n) is 26.0. The van der Waals surface area contributed by atoms with E-state index in [1.165, 1.54) is 87.1 Å². The summed E-state index contributed by atoms with van der Waals surface area (Å²) >= 11 is 0. The van der Waals surface area contributed by atoms with E-state index in [1.54, 1.807) is 0 Å². The maximum absolute atomic E-state index is 2.43. The van der Waals surface area contributed by atoms with Gasteiger partial charge in [-0.3, -0.25) is 0 Å². The van der Waals surface area contributed by atoms with Gasteiger partial charge in [-0.2, -0.15) is 0 Å². The Morgan fingerprint density at radius 3 is 1.47 bits per heavy atom. The summed E-state index contributed by atoms with van der Waals surface area (Å²) in [7, 11) is -0.843. The van der Waals surface area contributed by atoms with Gasteiger partial charge in [-0.25, -0.2) is 10.0 Å². The lowest BCUT2D eigenvalue weighted by molar-refractivity contribution is 1.42. The smallest absolute Gasteiger partial charge is 0.00247 e. The van der Waals surface area contributed by atoms with Crippen LogP contribution in [0.4, 0.5) is 0 Å². The van der Waals surface area contributed by atoms with Gasteiger partial charge in [0.05, 0.1) is 0 Å². The Hall–Kier alpha value is -4.85. The summed E-state index contributed by atoms with van der Waals surface area (Å²) in [5, 5.41) is 10.4. The Kier molecular flexibility index (Phi) is 6.73. The maximum atomic E-state index is 2.43. The van der Waals surface area contributed by atoms with Crippen LogP contribution >= 0.6 is 10.0 Å². The summed E-state index contributed by atoms with van der Waals surface area (Å²) in [6, 6.07) is 56.3. The van der Waals surface area contributed by atoms with E-state index in [1.807, 2.05) is 0 Å². The van der Waals surface area contributed by atoms with Crippen LogP contribution in [0.2, 0.25) is 0 Å². The Labute approximate surface area is 267 Å². The van der Waals surface area contributed by atoms with Crippen LogP contribution in [-0.2, 0) is 0 Å². The minimum absolute atomic E-state index is 0.843. The van der Waals surface area contributed by atoms with E-state index in [0.717, 1.165) is 0 Å². The Morgan fingerprint density at radius 2 is 0.867 bits per heavy atom. The van der Waals surface area contributed by atoms with Gasteiger partial charge >= 0.3 is 0 Å². The molecule has 0 radical (unpaired) electrons. The first-order chi connectivity index (χ1) is 22.0. The van der Waals surface area contributed by atoms with Gasteiger partial charge in [0.15, 0.2) is 0 Å². The molecule has 0 saturated heterocycles. The SMILES string of the molecule is CCS(C)(C)c1ccc(-c2ccc(-c3c4ccccc4c(-c4ccc5ccccc5c4)c4ccccc34)cc2)c2ccccc12. The van der Waals surface area contributed by atoms with Crippen molar-refractivity contribution < 1.29 is 0 Å². The standard InChI is InChI=1S/C44H36S/c1-4-45(2,3)42-28-27-35(36-15-7-8-16-37(36)42)31-22-24-32(25-23-31)43-38-17-9-11-19-40(38)44(41-20-12-10-18-39(41)43)34-26-21-30-13-5-6-14-33(30)29-34/h5-29H,4H2,1-3H3. The van der Waals surface area contributed by atoms with Gasteiger partial charge in [0.1, 0.15) is 0 Å². The molecular formula is C44H36S. The third kappa shape index (κ3) is 4.62. The minimum Gasteiger partial charge on any atom is -0.220 e. The van der Waals surface area contributed by atoms with E-state index in [-0.39, 0.29) is 0 Å². The topological polar surface area (TPSA) is 0 Å². The molecule has 45 heavy (non-hydrogen) atoms. The highest BCUT2D eigenvalue weighted by Crippen LogP contribution is 2.52. The van der Waals surface area contributed by atoms with Crippen LogP contribution in [0, 0.1) is 0 Å². The molecule has 0 unspecified atom stereocenters.